The number of rotatable bonds is 3. The topological polar surface area (TPSA) is 23.6 Å². The Bertz CT molecular complexity index is 460. The highest BCUT2D eigenvalue weighted by Gasteiger charge is 2.26. The molecule has 3 heterocycles. The molecule has 1 aromatic heterocycles. The third-order valence-electron chi connectivity index (χ3n) is 4.41. The molecular formula is C15H22N2OS2. The van der Waals surface area contributed by atoms with Crippen molar-refractivity contribution in [3.8, 4) is 0 Å². The fourth-order valence-electron chi connectivity index (χ4n) is 3.24. The Labute approximate surface area is 130 Å². The maximum Gasteiger partial charge on any atom is 0.263 e. The fraction of sp³-hybridized carbons (Fsp3) is 0.667. The van der Waals surface area contributed by atoms with Crippen LogP contribution in [-0.2, 0) is 0 Å². The highest BCUT2D eigenvalue weighted by molar-refractivity contribution is 7.80. The van der Waals surface area contributed by atoms with Crippen molar-refractivity contribution in [3.05, 3.63) is 16.3 Å². The van der Waals surface area contributed by atoms with E-state index in [0.29, 0.717) is 0 Å². The van der Waals surface area contributed by atoms with Gasteiger partial charge in [-0.05, 0) is 50.8 Å². The van der Waals surface area contributed by atoms with Crippen LogP contribution in [0.2, 0.25) is 0 Å². The first-order chi connectivity index (χ1) is 9.72. The molecule has 5 heteroatoms. The monoisotopic (exact) mass is 310 g/mol. The second-order valence-electron chi connectivity index (χ2n) is 5.91. The van der Waals surface area contributed by atoms with Crippen molar-refractivity contribution in [1.29, 1.82) is 0 Å². The third kappa shape index (κ3) is 3.38. The van der Waals surface area contributed by atoms with Crippen LogP contribution < -0.4 is 0 Å². The van der Waals surface area contributed by atoms with Crippen LogP contribution >= 0.6 is 24.0 Å². The Hall–Kier alpha value is -0.520. The smallest absolute Gasteiger partial charge is 0.263 e. The highest BCUT2D eigenvalue weighted by Crippen LogP contribution is 2.24. The summed E-state index contributed by atoms with van der Waals surface area (Å²) in [5.74, 6) is 0.968. The van der Waals surface area contributed by atoms with Gasteiger partial charge in [0.05, 0.1) is 4.88 Å². The first kappa shape index (κ1) is 14.4. The maximum atomic E-state index is 12.4. The van der Waals surface area contributed by atoms with Crippen LogP contribution in [0.1, 0.15) is 35.4 Å². The van der Waals surface area contributed by atoms with E-state index in [0.717, 1.165) is 41.6 Å². The molecule has 0 atom stereocenters. The molecule has 0 aromatic carbocycles. The Morgan fingerprint density at radius 3 is 2.55 bits per heavy atom. The Morgan fingerprint density at radius 2 is 1.95 bits per heavy atom. The van der Waals surface area contributed by atoms with Gasteiger partial charge in [0, 0.05) is 29.9 Å². The molecule has 0 spiro atoms. The molecule has 0 N–H and O–H groups in total. The lowest BCUT2D eigenvalue weighted by atomic mass is 9.96. The Kier molecular flexibility index (Phi) is 4.68. The average molecular weight is 310 g/mol. The van der Waals surface area contributed by atoms with Crippen molar-refractivity contribution in [1.82, 2.24) is 9.80 Å². The number of carbonyl (C=O) groups is 1. The predicted molar refractivity (Wildman–Crippen MR) is 85.9 cm³/mol. The van der Waals surface area contributed by atoms with Crippen LogP contribution in [0.5, 0.6) is 0 Å². The summed E-state index contributed by atoms with van der Waals surface area (Å²) in [5.41, 5.74) is 0. The SMILES string of the molecule is O=C(c1cc(S)cs1)N1CCC(CN2CCCC2)CC1. The van der Waals surface area contributed by atoms with Crippen LogP contribution in [0.15, 0.2) is 16.3 Å². The number of carbonyl (C=O) groups excluding carboxylic acids is 1. The molecule has 2 aliphatic rings. The summed E-state index contributed by atoms with van der Waals surface area (Å²) in [4.78, 5) is 18.7. The molecule has 1 aromatic rings. The van der Waals surface area contributed by atoms with Crippen LogP contribution in [0, 0.1) is 5.92 Å². The third-order valence-corrected chi connectivity index (χ3v) is 5.76. The fourth-order valence-corrected chi connectivity index (χ4v) is 4.36. The number of amides is 1. The molecule has 2 aliphatic heterocycles. The molecule has 0 unspecified atom stereocenters. The standard InChI is InChI=1S/C15H22N2OS2/c18-15(14-9-13(19)11-20-14)17-7-3-12(4-8-17)10-16-5-1-2-6-16/h9,11-12,19H,1-8,10H2. The van der Waals surface area contributed by atoms with Crippen LogP contribution in [0.3, 0.4) is 0 Å². The maximum absolute atomic E-state index is 12.4. The number of hydrogen-bond donors (Lipinski definition) is 1. The molecule has 0 radical (unpaired) electrons. The van der Waals surface area contributed by atoms with Crippen LogP contribution in [-0.4, -0.2) is 48.4 Å². The lowest BCUT2D eigenvalue weighted by molar-refractivity contribution is 0.0677. The zero-order valence-electron chi connectivity index (χ0n) is 11.8. The van der Waals surface area contributed by atoms with Gasteiger partial charge in [0.15, 0.2) is 0 Å². The zero-order valence-corrected chi connectivity index (χ0v) is 13.5. The van der Waals surface area contributed by atoms with Gasteiger partial charge in [-0.1, -0.05) is 0 Å². The summed E-state index contributed by atoms with van der Waals surface area (Å²) in [6, 6.07) is 1.88. The van der Waals surface area contributed by atoms with Gasteiger partial charge in [-0.2, -0.15) is 0 Å². The first-order valence-electron chi connectivity index (χ1n) is 7.51. The normalized spacial score (nSPS) is 21.6. The Morgan fingerprint density at radius 1 is 1.25 bits per heavy atom. The molecule has 2 fully saturated rings. The van der Waals surface area contributed by atoms with Crippen molar-refractivity contribution in [2.75, 3.05) is 32.7 Å². The van der Waals surface area contributed by atoms with Crippen LogP contribution in [0.25, 0.3) is 0 Å². The van der Waals surface area contributed by atoms with E-state index >= 15 is 0 Å². The molecule has 0 aliphatic carbocycles. The van der Waals surface area contributed by atoms with E-state index in [1.54, 1.807) is 0 Å². The first-order valence-corrected chi connectivity index (χ1v) is 8.84. The minimum Gasteiger partial charge on any atom is -0.338 e. The molecule has 3 rings (SSSR count). The molecule has 1 amide bonds. The second-order valence-corrected chi connectivity index (χ2v) is 7.34. The van der Waals surface area contributed by atoms with E-state index in [2.05, 4.69) is 17.5 Å². The molecule has 0 saturated carbocycles. The van der Waals surface area contributed by atoms with Gasteiger partial charge in [0.1, 0.15) is 0 Å². The number of piperidine rings is 1. The van der Waals surface area contributed by atoms with Gasteiger partial charge in [0.2, 0.25) is 0 Å². The van der Waals surface area contributed by atoms with E-state index in [1.165, 1.54) is 43.8 Å². The average Bonchev–Trinajstić information content (AvgIpc) is 3.10. The van der Waals surface area contributed by atoms with Crippen molar-refractivity contribution in [3.63, 3.8) is 0 Å². The minimum absolute atomic E-state index is 0.190. The molecule has 3 nitrogen and oxygen atoms in total. The van der Waals surface area contributed by atoms with Gasteiger partial charge >= 0.3 is 0 Å². The van der Waals surface area contributed by atoms with Crippen molar-refractivity contribution in [2.24, 2.45) is 5.92 Å². The summed E-state index contributed by atoms with van der Waals surface area (Å²) in [6.45, 7) is 5.62. The lowest BCUT2D eigenvalue weighted by Gasteiger charge is -2.33. The summed E-state index contributed by atoms with van der Waals surface area (Å²) in [6.07, 6.45) is 5.03. The molecule has 110 valence electrons. The van der Waals surface area contributed by atoms with E-state index in [9.17, 15) is 4.79 Å². The predicted octanol–water partition coefficient (Wildman–Crippen LogP) is 2.98. The quantitative estimate of drug-likeness (QED) is 0.868. The summed E-state index contributed by atoms with van der Waals surface area (Å²) in [7, 11) is 0. The van der Waals surface area contributed by atoms with Gasteiger partial charge in [0.25, 0.3) is 5.91 Å². The van der Waals surface area contributed by atoms with Gasteiger partial charge in [-0.25, -0.2) is 0 Å². The van der Waals surface area contributed by atoms with E-state index in [4.69, 9.17) is 0 Å². The molecule has 0 bridgehead atoms. The minimum atomic E-state index is 0.190. The summed E-state index contributed by atoms with van der Waals surface area (Å²) < 4.78 is 0. The van der Waals surface area contributed by atoms with E-state index in [-0.39, 0.29) is 5.91 Å². The second kappa shape index (κ2) is 6.50. The molecular weight excluding hydrogens is 288 g/mol. The number of nitrogens with zero attached hydrogens (tertiary/aromatic N) is 2. The van der Waals surface area contributed by atoms with E-state index in [1.807, 2.05) is 16.3 Å². The molecule has 2 saturated heterocycles. The zero-order chi connectivity index (χ0) is 13.9. The molecule has 20 heavy (non-hydrogen) atoms. The number of thiophene rings is 1. The summed E-state index contributed by atoms with van der Waals surface area (Å²) >= 11 is 5.78. The number of thiol groups is 1. The number of likely N-dealkylation sites (tertiary alicyclic amines) is 2. The van der Waals surface area contributed by atoms with Crippen molar-refractivity contribution >= 4 is 29.9 Å². The largest absolute Gasteiger partial charge is 0.338 e. The Balaban J connectivity index is 1.49. The van der Waals surface area contributed by atoms with Crippen molar-refractivity contribution < 1.29 is 4.79 Å². The van der Waals surface area contributed by atoms with Crippen LogP contribution in [0.4, 0.5) is 0 Å². The van der Waals surface area contributed by atoms with Gasteiger partial charge < -0.3 is 9.80 Å². The summed E-state index contributed by atoms with van der Waals surface area (Å²) in [5, 5.41) is 1.93. The highest BCUT2D eigenvalue weighted by atomic mass is 32.1. The van der Waals surface area contributed by atoms with Gasteiger partial charge in [-0.15, -0.1) is 24.0 Å². The van der Waals surface area contributed by atoms with Crippen molar-refractivity contribution in [2.45, 2.75) is 30.6 Å². The number of hydrogen-bond acceptors (Lipinski definition) is 4. The van der Waals surface area contributed by atoms with Gasteiger partial charge in [-0.3, -0.25) is 4.79 Å². The lowest BCUT2D eigenvalue weighted by Crippen LogP contribution is -2.41. The van der Waals surface area contributed by atoms with E-state index < -0.39 is 0 Å².